The average Bonchev–Trinajstić information content (AvgIpc) is 2.78. The zero-order chi connectivity index (χ0) is 12.4. The van der Waals surface area contributed by atoms with E-state index in [2.05, 4.69) is 14.9 Å². The zero-order valence-corrected chi connectivity index (χ0v) is 9.58. The molecule has 0 bridgehead atoms. The summed E-state index contributed by atoms with van der Waals surface area (Å²) in [5, 5.41) is 18.5. The Morgan fingerprint density at radius 2 is 2.06 bits per heavy atom. The Morgan fingerprint density at radius 1 is 1.35 bits per heavy atom. The van der Waals surface area contributed by atoms with Gasteiger partial charge in [0, 0.05) is 19.2 Å². The van der Waals surface area contributed by atoms with E-state index < -0.39 is 4.92 Å². The van der Waals surface area contributed by atoms with Crippen LogP contribution in [0.25, 0.3) is 11.0 Å². The number of fused-ring (bicyclic) bond motifs is 1. The summed E-state index contributed by atoms with van der Waals surface area (Å²) in [6, 6.07) is 2.97. The van der Waals surface area contributed by atoms with Crippen molar-refractivity contribution in [1.29, 1.82) is 0 Å². The number of hydrogen-bond acceptors (Lipinski definition) is 6. The molecule has 0 radical (unpaired) electrons. The van der Waals surface area contributed by atoms with Gasteiger partial charge < -0.3 is 4.90 Å². The Kier molecular flexibility index (Phi) is 2.90. The van der Waals surface area contributed by atoms with Crippen LogP contribution in [0.5, 0.6) is 0 Å². The third kappa shape index (κ3) is 1.79. The molecule has 0 amide bonds. The van der Waals surface area contributed by atoms with Crippen molar-refractivity contribution in [2.75, 3.05) is 18.0 Å². The topological polar surface area (TPSA) is 85.3 Å². The quantitative estimate of drug-likeness (QED) is 0.596. The molecule has 0 spiro atoms. The summed E-state index contributed by atoms with van der Waals surface area (Å²) in [5.41, 5.74) is 1.45. The van der Waals surface area contributed by atoms with Gasteiger partial charge in [0.25, 0.3) is 5.69 Å². The minimum absolute atomic E-state index is 0.0249. The number of nitrogens with zero attached hydrogens (tertiary/aromatic N) is 4. The molecule has 0 atom stereocenters. The molecule has 0 fully saturated rings. The first-order valence-electron chi connectivity index (χ1n) is 5.33. The minimum Gasteiger partial charge on any atom is -0.365 e. The number of nitro benzene ring substituents is 1. The van der Waals surface area contributed by atoms with E-state index in [9.17, 15) is 10.1 Å². The highest BCUT2D eigenvalue weighted by molar-refractivity contribution is 5.93. The summed E-state index contributed by atoms with van der Waals surface area (Å²) in [5.74, 6) is 0. The molecule has 0 unspecified atom stereocenters. The smallest absolute Gasteiger partial charge is 0.295 e. The fourth-order valence-electron chi connectivity index (χ4n) is 1.83. The van der Waals surface area contributed by atoms with Crippen molar-refractivity contribution in [2.24, 2.45) is 0 Å². The van der Waals surface area contributed by atoms with Gasteiger partial charge in [-0.2, -0.15) is 0 Å². The summed E-state index contributed by atoms with van der Waals surface area (Å²) >= 11 is 0. The molecule has 2 rings (SSSR count). The van der Waals surface area contributed by atoms with Gasteiger partial charge in [0.05, 0.1) is 4.92 Å². The summed E-state index contributed by atoms with van der Waals surface area (Å²) < 4.78 is 4.63. The number of aromatic nitrogens is 2. The fourth-order valence-corrected chi connectivity index (χ4v) is 1.83. The molecule has 90 valence electrons. The normalized spacial score (nSPS) is 10.7. The molecule has 0 aliphatic heterocycles. The third-order valence-corrected chi connectivity index (χ3v) is 2.66. The molecule has 0 saturated heterocycles. The lowest BCUT2D eigenvalue weighted by atomic mass is 10.2. The zero-order valence-electron chi connectivity index (χ0n) is 9.58. The van der Waals surface area contributed by atoms with E-state index in [4.69, 9.17) is 0 Å². The molecule has 17 heavy (non-hydrogen) atoms. The first-order chi connectivity index (χ1) is 8.19. The molecule has 7 nitrogen and oxygen atoms in total. The number of nitro groups is 1. The first-order valence-corrected chi connectivity index (χ1v) is 5.33. The molecule has 1 heterocycles. The lowest BCUT2D eigenvalue weighted by Gasteiger charge is -2.20. The third-order valence-electron chi connectivity index (χ3n) is 2.66. The van der Waals surface area contributed by atoms with E-state index in [-0.39, 0.29) is 5.69 Å². The average molecular weight is 236 g/mol. The van der Waals surface area contributed by atoms with Crippen LogP contribution in [0.4, 0.5) is 11.4 Å². The number of benzene rings is 1. The van der Waals surface area contributed by atoms with E-state index in [1.54, 1.807) is 0 Å². The highest BCUT2D eigenvalue weighted by atomic mass is 16.6. The van der Waals surface area contributed by atoms with E-state index in [1.165, 1.54) is 12.1 Å². The predicted octanol–water partition coefficient (Wildman–Crippen LogP) is 1.98. The van der Waals surface area contributed by atoms with Crippen molar-refractivity contribution in [1.82, 2.24) is 10.3 Å². The van der Waals surface area contributed by atoms with Crippen molar-refractivity contribution >= 4 is 22.4 Å². The second-order valence-electron chi connectivity index (χ2n) is 3.49. The summed E-state index contributed by atoms with van der Waals surface area (Å²) in [7, 11) is 0. The highest BCUT2D eigenvalue weighted by Crippen LogP contribution is 2.34. The lowest BCUT2D eigenvalue weighted by Crippen LogP contribution is -2.23. The van der Waals surface area contributed by atoms with Crippen LogP contribution in [0, 0.1) is 10.1 Å². The van der Waals surface area contributed by atoms with E-state index >= 15 is 0 Å². The Labute approximate surface area is 97.1 Å². The van der Waals surface area contributed by atoms with Crippen molar-refractivity contribution in [3.63, 3.8) is 0 Å². The van der Waals surface area contributed by atoms with Crippen molar-refractivity contribution in [2.45, 2.75) is 13.8 Å². The standard InChI is InChI=1S/C10H12N4O3/c1-3-13(4-2)10-8(14(15)16)6-5-7-9(10)12-17-11-7/h5-6H,3-4H2,1-2H3. The van der Waals surface area contributed by atoms with Gasteiger partial charge in [-0.05, 0) is 30.2 Å². The maximum Gasteiger partial charge on any atom is 0.295 e. The summed E-state index contributed by atoms with van der Waals surface area (Å²) in [4.78, 5) is 12.5. The molecular weight excluding hydrogens is 224 g/mol. The Bertz CT molecular complexity index is 547. The minimum atomic E-state index is -0.415. The second kappa shape index (κ2) is 4.36. The predicted molar refractivity (Wildman–Crippen MR) is 62.0 cm³/mol. The van der Waals surface area contributed by atoms with Crippen LogP contribution in [0.3, 0.4) is 0 Å². The van der Waals surface area contributed by atoms with Crippen molar-refractivity contribution < 1.29 is 9.55 Å². The van der Waals surface area contributed by atoms with Crippen LogP contribution in [-0.2, 0) is 0 Å². The van der Waals surface area contributed by atoms with Gasteiger partial charge in [0.2, 0.25) is 0 Å². The molecule has 0 N–H and O–H groups in total. The molecule has 0 aliphatic carbocycles. The molecule has 1 aromatic heterocycles. The van der Waals surface area contributed by atoms with Gasteiger partial charge in [-0.25, -0.2) is 4.63 Å². The van der Waals surface area contributed by atoms with Gasteiger partial charge in [-0.3, -0.25) is 10.1 Å². The van der Waals surface area contributed by atoms with Gasteiger partial charge in [0.15, 0.2) is 5.52 Å². The first kappa shape index (κ1) is 11.3. The SMILES string of the molecule is CCN(CC)c1c([N+](=O)[O-])ccc2nonc12. The van der Waals surface area contributed by atoms with Gasteiger partial charge in [-0.1, -0.05) is 0 Å². The molecule has 0 aliphatic rings. The van der Waals surface area contributed by atoms with Crippen LogP contribution in [0.15, 0.2) is 16.8 Å². The Hall–Kier alpha value is -2.18. The van der Waals surface area contributed by atoms with Crippen LogP contribution in [0.1, 0.15) is 13.8 Å². The lowest BCUT2D eigenvalue weighted by molar-refractivity contribution is -0.384. The van der Waals surface area contributed by atoms with Crippen LogP contribution >= 0.6 is 0 Å². The summed E-state index contributed by atoms with van der Waals surface area (Å²) in [6.45, 7) is 5.17. The molecule has 0 saturated carbocycles. The molecule has 1 aromatic carbocycles. The molecule has 7 heteroatoms. The maximum atomic E-state index is 11.0. The van der Waals surface area contributed by atoms with E-state index in [0.29, 0.717) is 29.8 Å². The Balaban J connectivity index is 2.72. The van der Waals surface area contributed by atoms with Crippen LogP contribution in [0.2, 0.25) is 0 Å². The van der Waals surface area contributed by atoms with Gasteiger partial charge in [-0.15, -0.1) is 0 Å². The number of hydrogen-bond donors (Lipinski definition) is 0. The van der Waals surface area contributed by atoms with E-state index in [1.807, 2.05) is 18.7 Å². The van der Waals surface area contributed by atoms with Crippen LogP contribution < -0.4 is 4.90 Å². The highest BCUT2D eigenvalue weighted by Gasteiger charge is 2.23. The fraction of sp³-hybridized carbons (Fsp3) is 0.400. The van der Waals surface area contributed by atoms with Gasteiger partial charge >= 0.3 is 0 Å². The van der Waals surface area contributed by atoms with Crippen LogP contribution in [-0.4, -0.2) is 28.3 Å². The second-order valence-corrected chi connectivity index (χ2v) is 3.49. The summed E-state index contributed by atoms with van der Waals surface area (Å²) in [6.07, 6.45) is 0. The van der Waals surface area contributed by atoms with Crippen molar-refractivity contribution in [3.8, 4) is 0 Å². The van der Waals surface area contributed by atoms with Crippen molar-refractivity contribution in [3.05, 3.63) is 22.2 Å². The number of anilines is 1. The largest absolute Gasteiger partial charge is 0.365 e. The number of rotatable bonds is 4. The maximum absolute atomic E-state index is 11.0. The van der Waals surface area contributed by atoms with Gasteiger partial charge in [0.1, 0.15) is 11.2 Å². The monoisotopic (exact) mass is 236 g/mol. The molecular formula is C10H12N4O3. The molecule has 2 aromatic rings. The Morgan fingerprint density at radius 3 is 2.65 bits per heavy atom. The van der Waals surface area contributed by atoms with E-state index in [0.717, 1.165) is 0 Å².